The van der Waals surface area contributed by atoms with Crippen LogP contribution in [0.2, 0.25) is 0 Å². The lowest BCUT2D eigenvalue weighted by atomic mass is 10.0. The zero-order valence-corrected chi connectivity index (χ0v) is 11.2. The normalized spacial score (nSPS) is 22.2. The summed E-state index contributed by atoms with van der Waals surface area (Å²) in [5.74, 6) is -2.76. The highest BCUT2D eigenvalue weighted by Gasteiger charge is 2.63. The Morgan fingerprint density at radius 2 is 1.73 bits per heavy atom. The molecule has 10 heteroatoms. The van der Waals surface area contributed by atoms with Crippen molar-refractivity contribution in [2.24, 2.45) is 0 Å². The molecule has 0 radical (unpaired) electrons. The molecule has 2 N–H and O–H groups in total. The molecule has 1 aliphatic heterocycles. The molecule has 0 spiro atoms. The lowest BCUT2D eigenvalue weighted by molar-refractivity contribution is -0.211. The van der Waals surface area contributed by atoms with E-state index >= 15 is 0 Å². The molecule has 1 aromatic carbocycles. The standard InChI is InChI=1S/C12H7F6NO2S/c13-11(14,15)9(20)6-5-19-7-3-1-2-4-8(7)22-10(6,21)12(16,17)18/h1-5,19,21H. The van der Waals surface area contributed by atoms with Gasteiger partial charge < -0.3 is 10.4 Å². The summed E-state index contributed by atoms with van der Waals surface area (Å²) in [5.41, 5.74) is -1.78. The minimum absolute atomic E-state index is 0.0418. The van der Waals surface area contributed by atoms with Crippen molar-refractivity contribution in [3.8, 4) is 0 Å². The average molecular weight is 343 g/mol. The number of para-hydroxylation sites is 1. The largest absolute Gasteiger partial charge is 0.454 e. The molecule has 0 saturated heterocycles. The molecule has 0 saturated carbocycles. The Hall–Kier alpha value is -1.68. The van der Waals surface area contributed by atoms with E-state index in [1.54, 1.807) is 0 Å². The van der Waals surface area contributed by atoms with Crippen LogP contribution in [0.5, 0.6) is 0 Å². The van der Waals surface area contributed by atoms with Crippen molar-refractivity contribution >= 4 is 23.2 Å². The molecule has 3 nitrogen and oxygen atoms in total. The van der Waals surface area contributed by atoms with E-state index in [1.807, 2.05) is 0 Å². The molecular weight excluding hydrogens is 336 g/mol. The fraction of sp³-hybridized carbons (Fsp3) is 0.250. The fourth-order valence-corrected chi connectivity index (χ4v) is 2.80. The molecule has 1 aliphatic rings. The van der Waals surface area contributed by atoms with Crippen molar-refractivity contribution < 1.29 is 36.2 Å². The number of hydrogen-bond acceptors (Lipinski definition) is 4. The third kappa shape index (κ3) is 2.80. The van der Waals surface area contributed by atoms with Gasteiger partial charge in [0.15, 0.2) is 0 Å². The predicted molar refractivity (Wildman–Crippen MR) is 66.1 cm³/mol. The molecule has 1 unspecified atom stereocenters. The van der Waals surface area contributed by atoms with Gasteiger partial charge in [-0.05, 0) is 12.1 Å². The van der Waals surface area contributed by atoms with Crippen LogP contribution in [0, 0.1) is 0 Å². The van der Waals surface area contributed by atoms with Crippen LogP contribution in [0.25, 0.3) is 0 Å². The molecule has 2 rings (SSSR count). The molecule has 0 aromatic heterocycles. The van der Waals surface area contributed by atoms with Gasteiger partial charge in [0, 0.05) is 11.1 Å². The van der Waals surface area contributed by atoms with Crippen molar-refractivity contribution in [1.29, 1.82) is 0 Å². The molecule has 0 aliphatic carbocycles. The molecule has 22 heavy (non-hydrogen) atoms. The fourth-order valence-electron chi connectivity index (χ4n) is 1.72. The van der Waals surface area contributed by atoms with E-state index in [0.717, 1.165) is 0 Å². The average Bonchev–Trinajstić information content (AvgIpc) is 2.52. The number of Topliss-reactive ketones (excluding diaryl/α,β-unsaturated/α-hetero) is 1. The molecule has 120 valence electrons. The monoisotopic (exact) mass is 343 g/mol. The number of fused-ring (bicyclic) bond motifs is 1. The number of aliphatic hydroxyl groups is 1. The summed E-state index contributed by atoms with van der Waals surface area (Å²) in [5, 5.41) is 12.0. The topological polar surface area (TPSA) is 49.3 Å². The van der Waals surface area contributed by atoms with Crippen molar-refractivity contribution in [1.82, 2.24) is 0 Å². The van der Waals surface area contributed by atoms with Gasteiger partial charge in [0.05, 0.1) is 11.3 Å². The van der Waals surface area contributed by atoms with Gasteiger partial charge >= 0.3 is 12.4 Å². The molecule has 0 amide bonds. The number of carbonyl (C=O) groups excluding carboxylic acids is 1. The second kappa shape index (κ2) is 5.20. The second-order valence-electron chi connectivity index (χ2n) is 4.27. The summed E-state index contributed by atoms with van der Waals surface area (Å²) >= 11 is -0.281. The Kier molecular flexibility index (Phi) is 3.94. The van der Waals surface area contributed by atoms with Crippen molar-refractivity contribution in [3.63, 3.8) is 0 Å². The Labute approximate surface area is 124 Å². The van der Waals surface area contributed by atoms with E-state index < -0.39 is 28.6 Å². The van der Waals surface area contributed by atoms with Crippen LogP contribution in [0.1, 0.15) is 0 Å². The van der Waals surface area contributed by atoms with Crippen molar-refractivity contribution in [2.75, 3.05) is 5.32 Å². The first-order chi connectivity index (χ1) is 9.97. The summed E-state index contributed by atoms with van der Waals surface area (Å²) in [7, 11) is 0. The van der Waals surface area contributed by atoms with Gasteiger partial charge in [-0.2, -0.15) is 26.3 Å². The van der Waals surface area contributed by atoms with Gasteiger partial charge in [-0.3, -0.25) is 4.79 Å². The van der Waals surface area contributed by atoms with Gasteiger partial charge in [0.25, 0.3) is 5.78 Å². The summed E-state index contributed by atoms with van der Waals surface area (Å²) in [4.78, 5) is 7.11. The zero-order valence-electron chi connectivity index (χ0n) is 10.4. The third-order valence-corrected chi connectivity index (χ3v) is 4.09. The number of alkyl halides is 6. The first-order valence-corrected chi connectivity index (χ1v) is 6.44. The predicted octanol–water partition coefficient (Wildman–Crippen LogP) is 3.47. The summed E-state index contributed by atoms with van der Waals surface area (Å²) in [6.07, 6.45) is -10.8. The Morgan fingerprint density at radius 3 is 2.27 bits per heavy atom. The Balaban J connectivity index is 2.61. The van der Waals surface area contributed by atoms with Gasteiger partial charge in [0.1, 0.15) is 0 Å². The Morgan fingerprint density at radius 1 is 1.14 bits per heavy atom. The lowest BCUT2D eigenvalue weighted by Gasteiger charge is -2.30. The minimum Gasteiger partial charge on any atom is -0.367 e. The van der Waals surface area contributed by atoms with E-state index in [4.69, 9.17) is 0 Å². The number of benzene rings is 1. The maximum absolute atomic E-state index is 13.1. The summed E-state index contributed by atoms with van der Waals surface area (Å²) < 4.78 is 77.0. The third-order valence-electron chi connectivity index (χ3n) is 2.77. The highest BCUT2D eigenvalue weighted by Crippen LogP contribution is 2.52. The smallest absolute Gasteiger partial charge is 0.367 e. The molecular formula is C12H7F6NO2S. The first kappa shape index (κ1) is 16.7. The maximum atomic E-state index is 13.1. The highest BCUT2D eigenvalue weighted by atomic mass is 32.2. The van der Waals surface area contributed by atoms with Crippen LogP contribution < -0.4 is 5.32 Å². The SMILES string of the molecule is O=C(C1=CNc2ccccc2SC1(O)C(F)(F)F)C(F)(F)F. The summed E-state index contributed by atoms with van der Waals surface area (Å²) in [6.45, 7) is 0. The van der Waals surface area contributed by atoms with Crippen LogP contribution in [0.3, 0.4) is 0 Å². The number of carbonyl (C=O) groups is 1. The molecule has 1 heterocycles. The number of halogens is 6. The van der Waals surface area contributed by atoms with E-state index in [2.05, 4.69) is 5.32 Å². The van der Waals surface area contributed by atoms with E-state index in [0.29, 0.717) is 0 Å². The number of nitrogens with one attached hydrogen (secondary N) is 1. The van der Waals surface area contributed by atoms with Crippen LogP contribution in [0.15, 0.2) is 40.9 Å². The Bertz CT molecular complexity index is 639. The number of ketones is 1. The van der Waals surface area contributed by atoms with Crippen molar-refractivity contribution in [3.05, 3.63) is 36.0 Å². The minimum atomic E-state index is -5.55. The number of rotatable bonds is 1. The number of thioether (sulfide) groups is 1. The molecule has 1 aromatic rings. The highest BCUT2D eigenvalue weighted by molar-refractivity contribution is 8.01. The first-order valence-electron chi connectivity index (χ1n) is 5.62. The van der Waals surface area contributed by atoms with Crippen LogP contribution in [-0.4, -0.2) is 28.2 Å². The van der Waals surface area contributed by atoms with Gasteiger partial charge in [-0.1, -0.05) is 23.9 Å². The van der Waals surface area contributed by atoms with Crippen LogP contribution >= 0.6 is 11.8 Å². The van der Waals surface area contributed by atoms with Crippen LogP contribution in [-0.2, 0) is 4.79 Å². The quantitative estimate of drug-likeness (QED) is 0.767. The zero-order chi connectivity index (χ0) is 16.8. The molecule has 0 fully saturated rings. The van der Waals surface area contributed by atoms with E-state index in [-0.39, 0.29) is 28.5 Å². The maximum Gasteiger partial charge on any atom is 0.454 e. The van der Waals surface area contributed by atoms with Crippen molar-refractivity contribution in [2.45, 2.75) is 22.2 Å². The summed E-state index contributed by atoms with van der Waals surface area (Å²) in [6, 6.07) is 5.26. The number of anilines is 1. The molecule has 1 atom stereocenters. The van der Waals surface area contributed by atoms with E-state index in [9.17, 15) is 36.2 Å². The molecule has 0 bridgehead atoms. The number of hydrogen-bond donors (Lipinski definition) is 2. The van der Waals surface area contributed by atoms with Crippen LogP contribution in [0.4, 0.5) is 32.0 Å². The second-order valence-corrected chi connectivity index (χ2v) is 5.50. The lowest BCUT2D eigenvalue weighted by Crippen LogP contribution is -2.48. The van der Waals surface area contributed by atoms with Gasteiger partial charge in [-0.25, -0.2) is 0 Å². The van der Waals surface area contributed by atoms with Gasteiger partial charge in [-0.15, -0.1) is 0 Å². The van der Waals surface area contributed by atoms with E-state index in [1.165, 1.54) is 24.3 Å². The van der Waals surface area contributed by atoms with Gasteiger partial charge in [0.2, 0.25) is 4.93 Å².